The third kappa shape index (κ3) is 5.57. The van der Waals surface area contributed by atoms with E-state index >= 15 is 0 Å². The maximum absolute atomic E-state index is 12.6. The van der Waals surface area contributed by atoms with Crippen molar-refractivity contribution in [3.8, 4) is 0 Å². The van der Waals surface area contributed by atoms with Gasteiger partial charge in [-0.1, -0.05) is 49.1 Å². The molecule has 6 nitrogen and oxygen atoms in total. The van der Waals surface area contributed by atoms with Crippen LogP contribution in [0.4, 0.5) is 0 Å². The minimum Gasteiger partial charge on any atom is -0.310 e. The number of nitrogens with zero attached hydrogens (tertiary/aromatic N) is 2. The normalized spacial score (nSPS) is 24.7. The standard InChI is InChI=1S/C17H19N3O2.C11H15N/c1-4-11-8-17(9-12(11)7-13(18)10-21)14(5-2)15(19-6-3)20-16(17)22;1-2-6-11(7-3-1)10-12-8-4-5-9-12/h4-7,10,18H,2,8-9H2,1,3H3,(H,20,22);1-3,6-7H,4-5,8-10H2/b11-4-,12-7-,18-13?,19-6-;. The molecule has 1 saturated heterocycles. The van der Waals surface area contributed by atoms with Crippen LogP contribution in [0.2, 0.25) is 0 Å². The summed E-state index contributed by atoms with van der Waals surface area (Å²) in [6.45, 7) is 11.2. The fraction of sp³-hybridized carbons (Fsp3) is 0.357. The molecule has 1 unspecified atom stereocenters. The number of hydrogen-bond donors (Lipinski definition) is 2. The molecule has 6 heteroatoms. The van der Waals surface area contributed by atoms with Crippen LogP contribution < -0.4 is 5.32 Å². The molecule has 3 aliphatic rings. The Kier molecular flexibility index (Phi) is 8.66. The summed E-state index contributed by atoms with van der Waals surface area (Å²) in [5.41, 5.74) is 3.20. The maximum Gasteiger partial charge on any atom is 0.237 e. The minimum absolute atomic E-state index is 0.0965. The molecule has 0 aromatic heterocycles. The molecule has 2 aliphatic heterocycles. The van der Waals surface area contributed by atoms with Gasteiger partial charge < -0.3 is 5.32 Å². The largest absolute Gasteiger partial charge is 0.310 e. The number of amides is 1. The Balaban J connectivity index is 0.000000226. The van der Waals surface area contributed by atoms with Crippen molar-refractivity contribution in [1.82, 2.24) is 10.2 Å². The van der Waals surface area contributed by atoms with E-state index in [1.54, 1.807) is 19.2 Å². The van der Waals surface area contributed by atoms with Crippen LogP contribution in [0.3, 0.4) is 0 Å². The molecule has 4 rings (SSSR count). The highest BCUT2D eigenvalue weighted by atomic mass is 16.2. The lowest BCUT2D eigenvalue weighted by Gasteiger charge is -2.20. The first-order valence-electron chi connectivity index (χ1n) is 11.8. The Hall–Kier alpha value is -3.38. The SMILES string of the molecule is C=CC1=C(/N=C\C)NC(=O)C12CC(=C/C)/C(=C\C(=N)C=O)C2.c1ccc(CN2CCCC2)cc1. The summed E-state index contributed by atoms with van der Waals surface area (Å²) >= 11 is 0. The van der Waals surface area contributed by atoms with Crippen molar-refractivity contribution < 1.29 is 9.59 Å². The van der Waals surface area contributed by atoms with Gasteiger partial charge in [-0.2, -0.15) is 0 Å². The molecule has 1 amide bonds. The fourth-order valence-corrected chi connectivity index (χ4v) is 4.89. The first kappa shape index (κ1) is 25.2. The van der Waals surface area contributed by atoms with E-state index < -0.39 is 5.41 Å². The van der Waals surface area contributed by atoms with Gasteiger partial charge in [-0.25, -0.2) is 4.99 Å². The van der Waals surface area contributed by atoms with Crippen molar-refractivity contribution >= 4 is 24.1 Å². The van der Waals surface area contributed by atoms with E-state index in [0.29, 0.717) is 24.9 Å². The average Bonchev–Trinajstić information content (AvgIpc) is 3.54. The van der Waals surface area contributed by atoms with Gasteiger partial charge in [-0.15, -0.1) is 0 Å². The first-order valence-corrected chi connectivity index (χ1v) is 11.8. The molecule has 1 aromatic rings. The summed E-state index contributed by atoms with van der Waals surface area (Å²) in [7, 11) is 0. The highest BCUT2D eigenvalue weighted by Crippen LogP contribution is 2.53. The number of aliphatic imine (C=N–C) groups is 1. The fourth-order valence-electron chi connectivity index (χ4n) is 4.89. The van der Waals surface area contributed by atoms with Gasteiger partial charge in [0.15, 0.2) is 6.29 Å². The highest BCUT2D eigenvalue weighted by molar-refractivity contribution is 6.32. The van der Waals surface area contributed by atoms with Crippen LogP contribution in [-0.4, -0.2) is 42.1 Å². The van der Waals surface area contributed by atoms with E-state index in [4.69, 9.17) is 5.41 Å². The zero-order valence-electron chi connectivity index (χ0n) is 20.1. The van der Waals surface area contributed by atoms with Gasteiger partial charge in [-0.3, -0.25) is 19.9 Å². The molecule has 178 valence electrons. The van der Waals surface area contributed by atoms with E-state index in [1.165, 1.54) is 37.6 Å². The van der Waals surface area contributed by atoms with Crippen molar-refractivity contribution in [2.75, 3.05) is 13.1 Å². The van der Waals surface area contributed by atoms with Gasteiger partial charge in [0.05, 0.1) is 11.1 Å². The molecular weight excluding hydrogens is 424 g/mol. The van der Waals surface area contributed by atoms with E-state index in [2.05, 4.69) is 52.1 Å². The van der Waals surface area contributed by atoms with Crippen LogP contribution in [0, 0.1) is 10.8 Å². The second-order valence-electron chi connectivity index (χ2n) is 8.77. The number of benzene rings is 1. The molecule has 1 saturated carbocycles. The first-order chi connectivity index (χ1) is 16.5. The zero-order chi connectivity index (χ0) is 24.6. The van der Waals surface area contributed by atoms with Gasteiger partial charge in [0.1, 0.15) is 5.82 Å². The summed E-state index contributed by atoms with van der Waals surface area (Å²) in [5.74, 6) is 0.424. The van der Waals surface area contributed by atoms with Gasteiger partial charge in [0, 0.05) is 18.3 Å². The van der Waals surface area contributed by atoms with E-state index in [0.717, 1.165) is 23.3 Å². The van der Waals surface area contributed by atoms with E-state index in [1.807, 2.05) is 13.0 Å². The third-order valence-electron chi connectivity index (χ3n) is 6.55. The Morgan fingerprint density at radius 3 is 2.44 bits per heavy atom. The van der Waals surface area contributed by atoms with E-state index in [-0.39, 0.29) is 11.6 Å². The Morgan fingerprint density at radius 1 is 1.18 bits per heavy atom. The lowest BCUT2D eigenvalue weighted by atomic mass is 9.79. The summed E-state index contributed by atoms with van der Waals surface area (Å²) in [5, 5.41) is 10.4. The van der Waals surface area contributed by atoms with Crippen LogP contribution in [0.1, 0.15) is 45.1 Å². The predicted molar refractivity (Wildman–Crippen MR) is 138 cm³/mol. The summed E-state index contributed by atoms with van der Waals surface area (Å²) in [4.78, 5) is 30.0. The van der Waals surface area contributed by atoms with Gasteiger partial charge in [-0.05, 0) is 75.4 Å². The molecule has 2 fully saturated rings. The molecule has 34 heavy (non-hydrogen) atoms. The Morgan fingerprint density at radius 2 is 1.85 bits per heavy atom. The summed E-state index contributed by atoms with van der Waals surface area (Å²) in [6, 6.07) is 10.7. The molecule has 1 aliphatic carbocycles. The molecule has 2 heterocycles. The average molecular weight is 459 g/mol. The topological polar surface area (TPSA) is 85.6 Å². The number of nitrogens with one attached hydrogen (secondary N) is 2. The minimum atomic E-state index is -0.736. The van der Waals surface area contributed by atoms with Gasteiger partial charge >= 0.3 is 0 Å². The molecular formula is C28H34N4O2. The number of likely N-dealkylation sites (tertiary alicyclic amines) is 1. The zero-order valence-corrected chi connectivity index (χ0v) is 20.1. The van der Waals surface area contributed by atoms with Crippen LogP contribution in [-0.2, 0) is 16.1 Å². The van der Waals surface area contributed by atoms with Crippen LogP contribution in [0.25, 0.3) is 0 Å². The number of aldehydes is 1. The molecule has 1 spiro atoms. The number of carbonyl (C=O) groups excluding carboxylic acids is 2. The van der Waals surface area contributed by atoms with Crippen molar-refractivity contribution in [1.29, 1.82) is 5.41 Å². The number of allylic oxidation sites excluding steroid dienone is 5. The second kappa shape index (κ2) is 11.7. The van der Waals surface area contributed by atoms with Crippen molar-refractivity contribution in [3.05, 3.63) is 83.2 Å². The van der Waals surface area contributed by atoms with Crippen molar-refractivity contribution in [3.63, 3.8) is 0 Å². The summed E-state index contributed by atoms with van der Waals surface area (Å²) < 4.78 is 0. The van der Waals surface area contributed by atoms with Crippen LogP contribution in [0.5, 0.6) is 0 Å². The maximum atomic E-state index is 12.6. The lowest BCUT2D eigenvalue weighted by Crippen LogP contribution is -2.31. The third-order valence-corrected chi connectivity index (χ3v) is 6.55. The van der Waals surface area contributed by atoms with Crippen LogP contribution in [0.15, 0.2) is 82.7 Å². The Bertz CT molecular complexity index is 1060. The number of rotatable bonds is 6. The van der Waals surface area contributed by atoms with E-state index in [9.17, 15) is 9.59 Å². The van der Waals surface area contributed by atoms with Crippen molar-refractivity contribution in [2.45, 2.75) is 46.1 Å². The lowest BCUT2D eigenvalue weighted by molar-refractivity contribution is -0.126. The van der Waals surface area contributed by atoms with Gasteiger partial charge in [0.2, 0.25) is 5.91 Å². The molecule has 1 aromatic carbocycles. The summed E-state index contributed by atoms with van der Waals surface area (Å²) in [6.07, 6.45) is 11.0. The van der Waals surface area contributed by atoms with Gasteiger partial charge in [0.25, 0.3) is 0 Å². The predicted octanol–water partition coefficient (Wildman–Crippen LogP) is 4.76. The second-order valence-corrected chi connectivity index (χ2v) is 8.77. The number of hydrogen-bond acceptors (Lipinski definition) is 5. The monoisotopic (exact) mass is 458 g/mol. The molecule has 1 atom stereocenters. The van der Waals surface area contributed by atoms with Crippen molar-refractivity contribution in [2.24, 2.45) is 10.4 Å². The van der Waals surface area contributed by atoms with Crippen LogP contribution >= 0.6 is 0 Å². The number of carbonyl (C=O) groups is 2. The highest BCUT2D eigenvalue weighted by Gasteiger charge is 2.52. The molecule has 0 bridgehead atoms. The quantitative estimate of drug-likeness (QED) is 0.476. The molecule has 0 radical (unpaired) electrons. The molecule has 2 N–H and O–H groups in total. The Labute approximate surface area is 202 Å². The smallest absolute Gasteiger partial charge is 0.237 e.